The Balaban J connectivity index is 1.89. The van der Waals surface area contributed by atoms with E-state index in [1.54, 1.807) is 19.1 Å². The van der Waals surface area contributed by atoms with Crippen LogP contribution in [0.2, 0.25) is 0 Å². The topological polar surface area (TPSA) is 116 Å². The maximum Gasteiger partial charge on any atom is 0.328 e. The molecule has 0 unspecified atom stereocenters. The molecule has 3 aromatic heterocycles. The highest BCUT2D eigenvalue weighted by atomic mass is 32.2. The molecule has 3 heterocycles. The molecule has 0 aliphatic heterocycles. The van der Waals surface area contributed by atoms with Gasteiger partial charge in [0.2, 0.25) is 0 Å². The highest BCUT2D eigenvalue weighted by Crippen LogP contribution is 2.30. The zero-order valence-corrected chi connectivity index (χ0v) is 19.9. The van der Waals surface area contributed by atoms with Crippen molar-refractivity contribution in [1.29, 1.82) is 0 Å². The number of H-pyrrole nitrogens is 1. The lowest BCUT2D eigenvalue weighted by Gasteiger charge is -2.19. The van der Waals surface area contributed by atoms with Gasteiger partial charge in [-0.1, -0.05) is 0 Å². The first kappa shape index (κ1) is 24.3. The number of halogens is 2. The number of pyridine rings is 2. The van der Waals surface area contributed by atoms with Gasteiger partial charge in [0.1, 0.15) is 21.5 Å². The normalized spacial score (nSPS) is 12.6. The summed E-state index contributed by atoms with van der Waals surface area (Å²) in [7, 11) is -2.15. The highest BCUT2D eigenvalue weighted by molar-refractivity contribution is 7.90. The van der Waals surface area contributed by atoms with E-state index in [1.807, 2.05) is 0 Å². The van der Waals surface area contributed by atoms with Crippen molar-refractivity contribution >= 4 is 21.0 Å². The highest BCUT2D eigenvalue weighted by Gasteiger charge is 2.27. The first-order chi connectivity index (χ1) is 16.6. The molecule has 1 N–H and O–H groups in total. The molecule has 12 heteroatoms. The van der Waals surface area contributed by atoms with Crippen molar-refractivity contribution in [3.05, 3.63) is 70.4 Å². The number of hydrogen-bond acceptors (Lipinski definition) is 7. The summed E-state index contributed by atoms with van der Waals surface area (Å²) in [6.45, 7) is 2.05. The molecule has 4 aromatic rings. The van der Waals surface area contributed by atoms with Gasteiger partial charge in [-0.05, 0) is 43.3 Å². The molecular formula is C23H22F2N4O5S. The number of aromatic nitrogens is 4. The summed E-state index contributed by atoms with van der Waals surface area (Å²) in [6.07, 6.45) is 2.33. The van der Waals surface area contributed by atoms with Crippen molar-refractivity contribution in [2.45, 2.75) is 13.0 Å². The van der Waals surface area contributed by atoms with Gasteiger partial charge in [-0.2, -0.15) is 0 Å². The Hall–Kier alpha value is -3.80. The molecule has 1 atom stereocenters. The third kappa shape index (κ3) is 5.02. The van der Waals surface area contributed by atoms with Gasteiger partial charge in [0, 0.05) is 23.6 Å². The van der Waals surface area contributed by atoms with E-state index in [-0.39, 0.29) is 40.5 Å². The second-order valence-corrected chi connectivity index (χ2v) is 9.99. The molecule has 0 radical (unpaired) electrons. The summed E-state index contributed by atoms with van der Waals surface area (Å²) in [5, 5.41) is 0. The summed E-state index contributed by atoms with van der Waals surface area (Å²) in [6, 6.07) is 6.52. The fraction of sp³-hybridized carbons (Fsp3) is 0.261. The zero-order chi connectivity index (χ0) is 25.3. The Morgan fingerprint density at radius 1 is 1.17 bits per heavy atom. The van der Waals surface area contributed by atoms with Crippen LogP contribution in [0.5, 0.6) is 11.6 Å². The number of aromatic amines is 1. The van der Waals surface area contributed by atoms with Gasteiger partial charge in [-0.25, -0.2) is 32.0 Å². The van der Waals surface area contributed by atoms with Crippen molar-refractivity contribution < 1.29 is 26.7 Å². The minimum Gasteiger partial charge on any atom is -0.491 e. The number of sulfone groups is 1. The molecule has 0 spiro atoms. The lowest BCUT2D eigenvalue weighted by atomic mass is 10.1. The van der Waals surface area contributed by atoms with Crippen LogP contribution in [0.3, 0.4) is 0 Å². The predicted molar refractivity (Wildman–Crippen MR) is 126 cm³/mol. The maximum absolute atomic E-state index is 14.3. The third-order valence-electron chi connectivity index (χ3n) is 5.26. The molecule has 0 saturated heterocycles. The number of ether oxygens (including phenoxy) is 2. The van der Waals surface area contributed by atoms with Gasteiger partial charge in [0.05, 0.1) is 36.7 Å². The summed E-state index contributed by atoms with van der Waals surface area (Å²) in [5.74, 6) is -1.24. The Labute approximate surface area is 199 Å². The van der Waals surface area contributed by atoms with Gasteiger partial charge in [0.25, 0.3) is 5.88 Å². The quantitative estimate of drug-likeness (QED) is 0.392. The Morgan fingerprint density at radius 2 is 1.94 bits per heavy atom. The first-order valence-corrected chi connectivity index (χ1v) is 12.6. The minimum absolute atomic E-state index is 0.0288. The standard InChI is InChI=1S/C23H22F2N4O5S/c1-4-34-22-20(33-2)8-7-17(27-22)19(12-35(3,31)32)29-21-18(28-23(29)30)9-13(11-26-21)15-10-14(24)5-6-16(15)25/h5-11,19H,4,12H2,1-3H3,(H,28,30)/t19-/m0/s1. The van der Waals surface area contributed by atoms with E-state index in [2.05, 4.69) is 15.0 Å². The number of nitrogens with zero attached hydrogens (tertiary/aromatic N) is 3. The minimum atomic E-state index is -3.59. The van der Waals surface area contributed by atoms with Crippen LogP contribution < -0.4 is 15.2 Å². The number of benzene rings is 1. The smallest absolute Gasteiger partial charge is 0.328 e. The molecule has 0 saturated carbocycles. The van der Waals surface area contributed by atoms with Crippen LogP contribution in [0.4, 0.5) is 8.78 Å². The van der Waals surface area contributed by atoms with Gasteiger partial charge in [-0.3, -0.25) is 4.57 Å². The lowest BCUT2D eigenvalue weighted by Crippen LogP contribution is -2.29. The summed E-state index contributed by atoms with van der Waals surface area (Å²) in [5.41, 5.74) is 0.147. The van der Waals surface area contributed by atoms with E-state index in [0.717, 1.165) is 24.5 Å². The van der Waals surface area contributed by atoms with Crippen LogP contribution >= 0.6 is 0 Å². The summed E-state index contributed by atoms with van der Waals surface area (Å²) in [4.78, 5) is 24.3. The monoisotopic (exact) mass is 504 g/mol. The molecule has 4 rings (SSSR count). The number of rotatable bonds is 8. The number of methoxy groups -OCH3 is 1. The molecule has 184 valence electrons. The Bertz CT molecular complexity index is 1570. The Morgan fingerprint density at radius 3 is 2.63 bits per heavy atom. The Kier molecular flexibility index (Phi) is 6.57. The average molecular weight is 505 g/mol. The second kappa shape index (κ2) is 9.45. The van der Waals surface area contributed by atoms with Crippen molar-refractivity contribution in [2.75, 3.05) is 25.7 Å². The predicted octanol–water partition coefficient (Wildman–Crippen LogP) is 3.11. The summed E-state index contributed by atoms with van der Waals surface area (Å²) < 4.78 is 64.5. The number of fused-ring (bicyclic) bond motifs is 1. The van der Waals surface area contributed by atoms with E-state index >= 15 is 0 Å². The first-order valence-electron chi connectivity index (χ1n) is 10.5. The number of hydrogen-bond donors (Lipinski definition) is 1. The van der Waals surface area contributed by atoms with Crippen molar-refractivity contribution in [1.82, 2.24) is 19.5 Å². The largest absolute Gasteiger partial charge is 0.491 e. The van der Waals surface area contributed by atoms with Crippen molar-refractivity contribution in [2.24, 2.45) is 0 Å². The molecule has 1 aromatic carbocycles. The fourth-order valence-electron chi connectivity index (χ4n) is 3.77. The van der Waals surface area contributed by atoms with Crippen LogP contribution in [-0.4, -0.2) is 53.7 Å². The van der Waals surface area contributed by atoms with Gasteiger partial charge in [-0.15, -0.1) is 0 Å². The van der Waals surface area contributed by atoms with E-state index in [9.17, 15) is 22.0 Å². The van der Waals surface area contributed by atoms with E-state index in [0.29, 0.717) is 5.75 Å². The van der Waals surface area contributed by atoms with Gasteiger partial charge >= 0.3 is 5.69 Å². The molecule has 0 aliphatic carbocycles. The van der Waals surface area contributed by atoms with Crippen LogP contribution in [-0.2, 0) is 9.84 Å². The van der Waals surface area contributed by atoms with Crippen LogP contribution in [0.15, 0.2) is 47.4 Å². The molecule has 35 heavy (non-hydrogen) atoms. The molecule has 0 bridgehead atoms. The van der Waals surface area contributed by atoms with E-state index in [4.69, 9.17) is 9.47 Å². The average Bonchev–Trinajstić information content (AvgIpc) is 3.13. The van der Waals surface area contributed by atoms with Gasteiger partial charge < -0.3 is 14.5 Å². The maximum atomic E-state index is 14.3. The van der Waals surface area contributed by atoms with Crippen LogP contribution in [0, 0.1) is 11.6 Å². The van der Waals surface area contributed by atoms with E-state index in [1.165, 1.54) is 23.9 Å². The zero-order valence-electron chi connectivity index (χ0n) is 19.1. The molecular weight excluding hydrogens is 482 g/mol. The number of imidazole rings is 1. The number of nitrogens with one attached hydrogen (secondary N) is 1. The van der Waals surface area contributed by atoms with Crippen molar-refractivity contribution in [3.63, 3.8) is 0 Å². The third-order valence-corrected chi connectivity index (χ3v) is 6.18. The molecule has 0 fully saturated rings. The molecule has 9 nitrogen and oxygen atoms in total. The molecule has 0 aliphatic rings. The van der Waals surface area contributed by atoms with Crippen molar-refractivity contribution in [3.8, 4) is 22.8 Å². The fourth-order valence-corrected chi connectivity index (χ4v) is 4.66. The SMILES string of the molecule is CCOc1nc([C@H](CS(C)(=O)=O)n2c(=O)[nH]c3cc(-c4cc(F)ccc4F)cnc32)ccc1OC. The van der Waals surface area contributed by atoms with E-state index < -0.39 is 39.0 Å². The van der Waals surface area contributed by atoms with Crippen LogP contribution in [0.25, 0.3) is 22.3 Å². The summed E-state index contributed by atoms with van der Waals surface area (Å²) >= 11 is 0. The van der Waals surface area contributed by atoms with Gasteiger partial charge in [0.15, 0.2) is 11.4 Å². The van der Waals surface area contributed by atoms with Crippen LogP contribution in [0.1, 0.15) is 18.7 Å². The second-order valence-electron chi connectivity index (χ2n) is 7.80. The lowest BCUT2D eigenvalue weighted by molar-refractivity contribution is 0.296. The molecule has 0 amide bonds.